The van der Waals surface area contributed by atoms with Crippen LogP contribution in [0.5, 0.6) is 0 Å². The van der Waals surface area contributed by atoms with Crippen LogP contribution in [0.1, 0.15) is 22.8 Å². The molecule has 4 heteroatoms. The van der Waals surface area contributed by atoms with Gasteiger partial charge in [0.1, 0.15) is 0 Å². The molecule has 0 aliphatic heterocycles. The smallest absolute Gasteiger partial charge is 0.338 e. The zero-order valence-corrected chi connectivity index (χ0v) is 10.8. The fourth-order valence-corrected chi connectivity index (χ4v) is 1.98. The van der Waals surface area contributed by atoms with E-state index in [4.69, 9.17) is 16.3 Å². The molecule has 0 N–H and O–H groups in total. The normalized spacial score (nSPS) is 10.0. The first-order valence-corrected chi connectivity index (χ1v) is 5.64. The second kappa shape index (κ2) is 4.98. The highest BCUT2D eigenvalue weighted by atomic mass is 127. The fourth-order valence-electron chi connectivity index (χ4n) is 0.978. The highest BCUT2D eigenvalue weighted by Crippen LogP contribution is 2.23. The first-order chi connectivity index (χ1) is 6.56. The predicted molar refractivity (Wildman–Crippen MR) is 64.9 cm³/mol. The van der Waals surface area contributed by atoms with Gasteiger partial charge in [0.2, 0.25) is 0 Å². The second-order valence-electron chi connectivity index (χ2n) is 2.79. The van der Waals surface area contributed by atoms with Crippen LogP contribution in [-0.2, 0) is 4.74 Å². The minimum atomic E-state index is -0.327. The lowest BCUT2D eigenvalue weighted by atomic mass is 10.1. The monoisotopic (exact) mass is 324 g/mol. The van der Waals surface area contributed by atoms with Crippen molar-refractivity contribution < 1.29 is 9.53 Å². The number of rotatable bonds is 2. The van der Waals surface area contributed by atoms with E-state index in [0.717, 1.165) is 9.13 Å². The van der Waals surface area contributed by atoms with Crippen molar-refractivity contribution in [3.63, 3.8) is 0 Å². The molecule has 0 atom stereocenters. The largest absolute Gasteiger partial charge is 0.462 e. The second-order valence-corrected chi connectivity index (χ2v) is 4.35. The zero-order chi connectivity index (χ0) is 10.7. The molecule has 0 saturated heterocycles. The summed E-state index contributed by atoms with van der Waals surface area (Å²) in [6.07, 6.45) is 0. The Balaban J connectivity index is 3.06. The number of benzene rings is 1. The van der Waals surface area contributed by atoms with Gasteiger partial charge in [-0.3, -0.25) is 0 Å². The summed E-state index contributed by atoms with van der Waals surface area (Å²) in [5.41, 5.74) is 1.49. The fraction of sp³-hybridized carbons (Fsp3) is 0.300. The predicted octanol–water partition coefficient (Wildman–Crippen LogP) is 3.43. The summed E-state index contributed by atoms with van der Waals surface area (Å²) in [6.45, 7) is 4.07. The summed E-state index contributed by atoms with van der Waals surface area (Å²) in [4.78, 5) is 11.4. The molecule has 1 rings (SSSR count). The molecule has 14 heavy (non-hydrogen) atoms. The van der Waals surface area contributed by atoms with Crippen molar-refractivity contribution in [2.75, 3.05) is 6.61 Å². The lowest BCUT2D eigenvalue weighted by molar-refractivity contribution is 0.0526. The van der Waals surface area contributed by atoms with Gasteiger partial charge in [-0.1, -0.05) is 11.6 Å². The summed E-state index contributed by atoms with van der Waals surface area (Å²) >= 11 is 8.10. The van der Waals surface area contributed by atoms with Crippen molar-refractivity contribution in [2.45, 2.75) is 13.8 Å². The average molecular weight is 325 g/mol. The number of halogens is 2. The van der Waals surface area contributed by atoms with Gasteiger partial charge in [-0.25, -0.2) is 4.79 Å². The van der Waals surface area contributed by atoms with Crippen LogP contribution in [0.2, 0.25) is 5.02 Å². The first-order valence-electron chi connectivity index (χ1n) is 4.19. The van der Waals surface area contributed by atoms with Gasteiger partial charge in [-0.15, -0.1) is 0 Å². The standard InChI is InChI=1S/C10H10ClIO2/c1-3-14-10(13)7-4-8(11)6(2)9(12)5-7/h4-5H,3H2,1-2H3. The third kappa shape index (κ3) is 2.60. The average Bonchev–Trinajstić information content (AvgIpc) is 2.13. The van der Waals surface area contributed by atoms with Gasteiger partial charge in [0.05, 0.1) is 12.2 Å². The Morgan fingerprint density at radius 1 is 1.57 bits per heavy atom. The summed E-state index contributed by atoms with van der Waals surface area (Å²) in [7, 11) is 0. The van der Waals surface area contributed by atoms with Crippen molar-refractivity contribution in [3.05, 3.63) is 31.9 Å². The van der Waals surface area contributed by atoms with Crippen molar-refractivity contribution in [1.29, 1.82) is 0 Å². The number of ether oxygens (including phenoxy) is 1. The van der Waals surface area contributed by atoms with Crippen LogP contribution >= 0.6 is 34.2 Å². The van der Waals surface area contributed by atoms with Gasteiger partial charge in [0.25, 0.3) is 0 Å². The Bertz CT molecular complexity index is 340. The minimum absolute atomic E-state index is 0.327. The molecule has 0 radical (unpaired) electrons. The molecule has 1 aromatic carbocycles. The van der Waals surface area contributed by atoms with Crippen LogP contribution in [-0.4, -0.2) is 12.6 Å². The molecule has 0 fully saturated rings. The van der Waals surface area contributed by atoms with E-state index >= 15 is 0 Å². The van der Waals surface area contributed by atoms with Crippen molar-refractivity contribution in [1.82, 2.24) is 0 Å². The molecular formula is C10H10ClIO2. The molecule has 0 aliphatic carbocycles. The van der Waals surface area contributed by atoms with Gasteiger partial charge in [-0.2, -0.15) is 0 Å². The third-order valence-corrected chi connectivity index (χ3v) is 3.31. The van der Waals surface area contributed by atoms with E-state index in [0.29, 0.717) is 17.2 Å². The van der Waals surface area contributed by atoms with E-state index < -0.39 is 0 Å². The van der Waals surface area contributed by atoms with Gasteiger partial charge in [0, 0.05) is 8.59 Å². The quantitative estimate of drug-likeness (QED) is 0.615. The number of hydrogen-bond donors (Lipinski definition) is 0. The van der Waals surface area contributed by atoms with Gasteiger partial charge in [0.15, 0.2) is 0 Å². The lowest BCUT2D eigenvalue weighted by Crippen LogP contribution is -2.05. The Hall–Kier alpha value is -0.290. The Kier molecular flexibility index (Phi) is 4.19. The minimum Gasteiger partial charge on any atom is -0.462 e. The topological polar surface area (TPSA) is 26.3 Å². The van der Waals surface area contributed by atoms with Crippen LogP contribution < -0.4 is 0 Å². The van der Waals surface area contributed by atoms with Gasteiger partial charge in [-0.05, 0) is 54.1 Å². The van der Waals surface area contributed by atoms with Crippen molar-refractivity contribution in [2.24, 2.45) is 0 Å². The van der Waals surface area contributed by atoms with E-state index in [-0.39, 0.29) is 5.97 Å². The van der Waals surface area contributed by atoms with Crippen LogP contribution in [0.25, 0.3) is 0 Å². The maximum absolute atomic E-state index is 11.4. The highest BCUT2D eigenvalue weighted by molar-refractivity contribution is 14.1. The zero-order valence-electron chi connectivity index (χ0n) is 7.93. The van der Waals surface area contributed by atoms with Crippen LogP contribution in [0.15, 0.2) is 12.1 Å². The molecule has 0 saturated carbocycles. The summed E-state index contributed by atoms with van der Waals surface area (Å²) in [6, 6.07) is 3.41. The molecule has 0 spiro atoms. The Morgan fingerprint density at radius 2 is 2.21 bits per heavy atom. The molecule has 0 bridgehead atoms. The van der Waals surface area contributed by atoms with E-state index in [1.165, 1.54) is 0 Å². The van der Waals surface area contributed by atoms with E-state index in [1.54, 1.807) is 19.1 Å². The number of carbonyl (C=O) groups excluding carboxylic acids is 1. The van der Waals surface area contributed by atoms with Gasteiger partial charge < -0.3 is 4.74 Å². The molecule has 76 valence electrons. The summed E-state index contributed by atoms with van der Waals surface area (Å²) < 4.78 is 5.85. The van der Waals surface area contributed by atoms with E-state index in [2.05, 4.69) is 22.6 Å². The Morgan fingerprint density at radius 3 is 2.71 bits per heavy atom. The van der Waals surface area contributed by atoms with Crippen LogP contribution in [0.3, 0.4) is 0 Å². The molecule has 2 nitrogen and oxygen atoms in total. The highest BCUT2D eigenvalue weighted by Gasteiger charge is 2.10. The van der Waals surface area contributed by atoms with Crippen molar-refractivity contribution in [3.8, 4) is 0 Å². The third-order valence-electron chi connectivity index (χ3n) is 1.79. The molecule has 0 unspecified atom stereocenters. The summed E-state index contributed by atoms with van der Waals surface area (Å²) in [5.74, 6) is -0.327. The van der Waals surface area contributed by atoms with Crippen LogP contribution in [0.4, 0.5) is 0 Å². The molecule has 0 aliphatic rings. The molecule has 0 aromatic heterocycles. The number of hydrogen-bond acceptors (Lipinski definition) is 2. The first kappa shape index (κ1) is 11.8. The SMILES string of the molecule is CCOC(=O)c1cc(Cl)c(C)c(I)c1. The van der Waals surface area contributed by atoms with Crippen molar-refractivity contribution >= 4 is 40.2 Å². The molecule has 1 aromatic rings. The van der Waals surface area contributed by atoms with Gasteiger partial charge >= 0.3 is 5.97 Å². The number of esters is 1. The van der Waals surface area contributed by atoms with Crippen LogP contribution in [0, 0.1) is 10.5 Å². The maximum Gasteiger partial charge on any atom is 0.338 e. The van der Waals surface area contributed by atoms with E-state index in [1.807, 2.05) is 6.92 Å². The lowest BCUT2D eigenvalue weighted by Gasteiger charge is -2.05. The Labute approximate surface area is 102 Å². The maximum atomic E-state index is 11.4. The molecule has 0 heterocycles. The van der Waals surface area contributed by atoms with E-state index in [9.17, 15) is 4.79 Å². The molecule has 0 amide bonds. The summed E-state index contributed by atoms with van der Waals surface area (Å²) in [5, 5.41) is 0.597. The molecular weight excluding hydrogens is 314 g/mol. The number of carbonyl (C=O) groups is 1.